The largest absolute Gasteiger partial charge is 0.493 e. The minimum Gasteiger partial charge on any atom is -0.493 e. The van der Waals surface area contributed by atoms with Crippen LogP contribution in [0, 0.1) is 0 Å². The van der Waals surface area contributed by atoms with Crippen molar-refractivity contribution in [1.82, 2.24) is 4.98 Å². The van der Waals surface area contributed by atoms with Gasteiger partial charge < -0.3 is 14.6 Å². The van der Waals surface area contributed by atoms with E-state index in [9.17, 15) is 4.79 Å². The summed E-state index contributed by atoms with van der Waals surface area (Å²) in [6.45, 7) is 0. The minimum atomic E-state index is -0.982. The Morgan fingerprint density at radius 1 is 1.11 bits per heavy atom. The Balaban J connectivity index is 2.47. The van der Waals surface area contributed by atoms with Gasteiger partial charge in [-0.05, 0) is 30.3 Å². The zero-order valence-electron chi connectivity index (χ0n) is 10.6. The molecule has 0 unspecified atom stereocenters. The molecular weight excluding hydrogens is 246 g/mol. The van der Waals surface area contributed by atoms with Gasteiger partial charge >= 0.3 is 5.97 Å². The van der Waals surface area contributed by atoms with Gasteiger partial charge in [0, 0.05) is 11.8 Å². The Labute approximate surface area is 110 Å². The molecule has 1 aromatic heterocycles. The van der Waals surface area contributed by atoms with E-state index in [2.05, 4.69) is 4.98 Å². The van der Waals surface area contributed by atoms with Crippen molar-refractivity contribution in [3.8, 4) is 22.8 Å². The first-order valence-electron chi connectivity index (χ1n) is 5.57. The van der Waals surface area contributed by atoms with Gasteiger partial charge in [-0.15, -0.1) is 0 Å². The number of aromatic carboxylic acids is 1. The zero-order valence-corrected chi connectivity index (χ0v) is 10.6. The molecule has 1 aromatic carbocycles. The van der Waals surface area contributed by atoms with Crippen LogP contribution in [0.15, 0.2) is 36.5 Å². The first-order valence-corrected chi connectivity index (χ1v) is 5.57. The Morgan fingerprint density at radius 3 is 2.47 bits per heavy atom. The van der Waals surface area contributed by atoms with Crippen LogP contribution in [0.2, 0.25) is 0 Å². The second-order valence-corrected chi connectivity index (χ2v) is 3.80. The summed E-state index contributed by atoms with van der Waals surface area (Å²) in [6.07, 6.45) is 1.47. The number of ether oxygens (including phenoxy) is 2. The maximum Gasteiger partial charge on any atom is 0.335 e. The number of hydrogen-bond acceptors (Lipinski definition) is 4. The standard InChI is InChI=1S/C14H13NO4/c1-18-12-4-3-9(8-13(12)19-2)11-7-10(14(16)17)5-6-15-11/h3-8H,1-2H3,(H,16,17). The van der Waals surface area contributed by atoms with Crippen molar-refractivity contribution < 1.29 is 19.4 Å². The minimum absolute atomic E-state index is 0.194. The van der Waals surface area contributed by atoms with E-state index in [1.807, 2.05) is 0 Å². The van der Waals surface area contributed by atoms with E-state index in [0.717, 1.165) is 5.56 Å². The quantitative estimate of drug-likeness (QED) is 0.913. The predicted molar refractivity (Wildman–Crippen MR) is 69.7 cm³/mol. The lowest BCUT2D eigenvalue weighted by atomic mass is 10.1. The van der Waals surface area contributed by atoms with E-state index >= 15 is 0 Å². The molecule has 5 nitrogen and oxygen atoms in total. The number of carbonyl (C=O) groups is 1. The van der Waals surface area contributed by atoms with Crippen molar-refractivity contribution in [2.75, 3.05) is 14.2 Å². The lowest BCUT2D eigenvalue weighted by molar-refractivity contribution is 0.0697. The average molecular weight is 259 g/mol. The summed E-state index contributed by atoms with van der Waals surface area (Å²) in [4.78, 5) is 15.1. The van der Waals surface area contributed by atoms with Gasteiger partial charge in [0.05, 0.1) is 25.5 Å². The van der Waals surface area contributed by atoms with E-state index < -0.39 is 5.97 Å². The highest BCUT2D eigenvalue weighted by molar-refractivity contribution is 5.88. The second kappa shape index (κ2) is 5.39. The molecule has 0 spiro atoms. The monoisotopic (exact) mass is 259 g/mol. The fourth-order valence-electron chi connectivity index (χ4n) is 1.72. The lowest BCUT2D eigenvalue weighted by Crippen LogP contribution is -1.97. The van der Waals surface area contributed by atoms with Gasteiger partial charge in [0.15, 0.2) is 11.5 Å². The third-order valence-electron chi connectivity index (χ3n) is 2.69. The number of hydrogen-bond donors (Lipinski definition) is 1. The molecule has 98 valence electrons. The molecule has 0 aliphatic carbocycles. The fourth-order valence-corrected chi connectivity index (χ4v) is 1.72. The highest BCUT2D eigenvalue weighted by Gasteiger charge is 2.09. The van der Waals surface area contributed by atoms with E-state index in [1.165, 1.54) is 18.3 Å². The molecule has 0 saturated heterocycles. The van der Waals surface area contributed by atoms with Gasteiger partial charge in [-0.25, -0.2) is 4.79 Å². The van der Waals surface area contributed by atoms with E-state index in [1.54, 1.807) is 32.4 Å². The molecule has 0 aliphatic rings. The van der Waals surface area contributed by atoms with Crippen LogP contribution in [0.4, 0.5) is 0 Å². The van der Waals surface area contributed by atoms with Crippen molar-refractivity contribution in [1.29, 1.82) is 0 Å². The lowest BCUT2D eigenvalue weighted by Gasteiger charge is -2.09. The van der Waals surface area contributed by atoms with E-state index in [-0.39, 0.29) is 5.56 Å². The molecule has 0 fully saturated rings. The first kappa shape index (κ1) is 12.9. The first-order chi connectivity index (χ1) is 9.15. The second-order valence-electron chi connectivity index (χ2n) is 3.80. The summed E-state index contributed by atoms with van der Waals surface area (Å²) in [5.74, 6) is 0.201. The molecule has 5 heteroatoms. The van der Waals surface area contributed by atoms with Gasteiger partial charge in [0.2, 0.25) is 0 Å². The molecule has 19 heavy (non-hydrogen) atoms. The molecule has 0 atom stereocenters. The highest BCUT2D eigenvalue weighted by Crippen LogP contribution is 2.31. The normalized spacial score (nSPS) is 10.0. The zero-order chi connectivity index (χ0) is 13.8. The maximum absolute atomic E-state index is 10.9. The van der Waals surface area contributed by atoms with Crippen LogP contribution in [-0.2, 0) is 0 Å². The third kappa shape index (κ3) is 2.65. The fraction of sp³-hybridized carbons (Fsp3) is 0.143. The van der Waals surface area contributed by atoms with Crippen LogP contribution < -0.4 is 9.47 Å². The summed E-state index contributed by atoms with van der Waals surface area (Å²) < 4.78 is 10.4. The molecule has 0 radical (unpaired) electrons. The number of methoxy groups -OCH3 is 2. The number of benzene rings is 1. The summed E-state index contributed by atoms with van der Waals surface area (Å²) >= 11 is 0. The molecule has 0 bridgehead atoms. The van der Waals surface area contributed by atoms with Crippen LogP contribution in [0.5, 0.6) is 11.5 Å². The number of carboxylic acids is 1. The summed E-state index contributed by atoms with van der Waals surface area (Å²) in [5.41, 5.74) is 1.53. The Hall–Kier alpha value is -2.56. The van der Waals surface area contributed by atoms with Gasteiger partial charge in [-0.1, -0.05) is 0 Å². The predicted octanol–water partition coefficient (Wildman–Crippen LogP) is 2.46. The van der Waals surface area contributed by atoms with Gasteiger partial charge in [0.1, 0.15) is 0 Å². The average Bonchev–Trinajstić information content (AvgIpc) is 2.46. The summed E-state index contributed by atoms with van der Waals surface area (Å²) in [7, 11) is 3.10. The van der Waals surface area contributed by atoms with Crippen LogP contribution in [0.1, 0.15) is 10.4 Å². The van der Waals surface area contributed by atoms with Crippen LogP contribution >= 0.6 is 0 Å². The van der Waals surface area contributed by atoms with Crippen molar-refractivity contribution in [2.45, 2.75) is 0 Å². The smallest absolute Gasteiger partial charge is 0.335 e. The van der Waals surface area contributed by atoms with Crippen LogP contribution in [-0.4, -0.2) is 30.3 Å². The van der Waals surface area contributed by atoms with Crippen molar-refractivity contribution in [3.63, 3.8) is 0 Å². The Bertz CT molecular complexity index is 610. The summed E-state index contributed by atoms with van der Waals surface area (Å²) in [5, 5.41) is 8.97. The maximum atomic E-state index is 10.9. The van der Waals surface area contributed by atoms with Gasteiger partial charge in [-0.3, -0.25) is 4.98 Å². The Morgan fingerprint density at radius 2 is 1.84 bits per heavy atom. The van der Waals surface area contributed by atoms with Crippen LogP contribution in [0.25, 0.3) is 11.3 Å². The molecule has 0 saturated carbocycles. The van der Waals surface area contributed by atoms with Crippen molar-refractivity contribution >= 4 is 5.97 Å². The highest BCUT2D eigenvalue weighted by atomic mass is 16.5. The van der Waals surface area contributed by atoms with Crippen LogP contribution in [0.3, 0.4) is 0 Å². The summed E-state index contributed by atoms with van der Waals surface area (Å²) in [6, 6.07) is 8.28. The number of pyridine rings is 1. The van der Waals surface area contributed by atoms with Gasteiger partial charge in [0.25, 0.3) is 0 Å². The molecule has 2 rings (SSSR count). The number of carboxylic acid groups (broad SMARTS) is 1. The molecule has 1 heterocycles. The van der Waals surface area contributed by atoms with E-state index in [4.69, 9.17) is 14.6 Å². The third-order valence-corrected chi connectivity index (χ3v) is 2.69. The molecule has 0 aliphatic heterocycles. The molecular formula is C14H13NO4. The van der Waals surface area contributed by atoms with Gasteiger partial charge in [-0.2, -0.15) is 0 Å². The van der Waals surface area contributed by atoms with Crippen molar-refractivity contribution in [3.05, 3.63) is 42.1 Å². The Kier molecular flexibility index (Phi) is 3.66. The topological polar surface area (TPSA) is 68.7 Å². The van der Waals surface area contributed by atoms with E-state index in [0.29, 0.717) is 17.2 Å². The number of nitrogens with zero attached hydrogens (tertiary/aromatic N) is 1. The van der Waals surface area contributed by atoms with Crippen molar-refractivity contribution in [2.24, 2.45) is 0 Å². The number of rotatable bonds is 4. The molecule has 2 aromatic rings. The number of aromatic nitrogens is 1. The SMILES string of the molecule is COc1ccc(-c2cc(C(=O)O)ccn2)cc1OC. The molecule has 1 N–H and O–H groups in total. The molecule has 0 amide bonds.